The molecular formula is C21H20ClF2N5OS. The number of hydrogen-bond acceptors (Lipinski definition) is 7. The van der Waals surface area contributed by atoms with Gasteiger partial charge in [0.1, 0.15) is 12.1 Å². The van der Waals surface area contributed by atoms with Gasteiger partial charge in [0.25, 0.3) is 0 Å². The van der Waals surface area contributed by atoms with Gasteiger partial charge < -0.3 is 15.3 Å². The van der Waals surface area contributed by atoms with Crippen molar-refractivity contribution in [3.8, 4) is 11.1 Å². The van der Waals surface area contributed by atoms with Crippen molar-refractivity contribution in [1.29, 1.82) is 0 Å². The molecule has 0 spiro atoms. The van der Waals surface area contributed by atoms with Gasteiger partial charge in [0.05, 0.1) is 6.10 Å². The van der Waals surface area contributed by atoms with Gasteiger partial charge in [0.2, 0.25) is 0 Å². The molecule has 0 aliphatic carbocycles. The number of hydrogen-bond donors (Lipinski definition) is 2. The summed E-state index contributed by atoms with van der Waals surface area (Å²) in [6.07, 6.45) is 7.09. The van der Waals surface area contributed by atoms with Gasteiger partial charge in [-0.25, -0.2) is 15.0 Å². The summed E-state index contributed by atoms with van der Waals surface area (Å²) in [4.78, 5) is 15.3. The van der Waals surface area contributed by atoms with Crippen LogP contribution in [0.4, 0.5) is 20.3 Å². The number of aromatic nitrogens is 3. The Morgan fingerprint density at radius 1 is 1.19 bits per heavy atom. The van der Waals surface area contributed by atoms with E-state index in [1.54, 1.807) is 42.9 Å². The largest absolute Gasteiger partial charge is 0.391 e. The Balaban J connectivity index is 1.51. The van der Waals surface area contributed by atoms with Crippen molar-refractivity contribution in [1.82, 2.24) is 15.0 Å². The molecule has 0 amide bonds. The molecule has 3 heterocycles. The van der Waals surface area contributed by atoms with Gasteiger partial charge >= 0.3 is 4.71 Å². The number of alkyl halides is 3. The highest BCUT2D eigenvalue weighted by atomic mass is 35.5. The third-order valence-electron chi connectivity index (χ3n) is 4.84. The Morgan fingerprint density at radius 2 is 1.94 bits per heavy atom. The van der Waals surface area contributed by atoms with Crippen molar-refractivity contribution < 1.29 is 13.9 Å². The minimum absolute atomic E-state index is 0.297. The van der Waals surface area contributed by atoms with Crippen LogP contribution in [0.1, 0.15) is 12.0 Å². The van der Waals surface area contributed by atoms with Crippen LogP contribution in [0.5, 0.6) is 0 Å². The van der Waals surface area contributed by atoms with Gasteiger partial charge in [-0.2, -0.15) is 8.78 Å². The van der Waals surface area contributed by atoms with Crippen molar-refractivity contribution in [2.75, 3.05) is 23.3 Å². The average molecular weight is 464 g/mol. The molecule has 0 radical (unpaired) electrons. The zero-order valence-corrected chi connectivity index (χ0v) is 18.0. The van der Waals surface area contributed by atoms with Crippen LogP contribution in [0.25, 0.3) is 11.1 Å². The number of pyridine rings is 1. The third-order valence-corrected chi connectivity index (χ3v) is 5.81. The van der Waals surface area contributed by atoms with Gasteiger partial charge in [-0.3, -0.25) is 0 Å². The maximum Gasteiger partial charge on any atom is 0.375 e. The molecule has 162 valence electrons. The van der Waals surface area contributed by atoms with Gasteiger partial charge in [-0.1, -0.05) is 0 Å². The zero-order valence-electron chi connectivity index (χ0n) is 16.4. The molecular weight excluding hydrogens is 444 g/mol. The molecule has 1 aliphatic rings. The van der Waals surface area contributed by atoms with Crippen LogP contribution < -0.4 is 10.2 Å². The van der Waals surface area contributed by atoms with E-state index in [4.69, 9.17) is 11.6 Å². The number of rotatable bonds is 7. The van der Waals surface area contributed by atoms with Crippen LogP contribution in [0.3, 0.4) is 0 Å². The predicted octanol–water partition coefficient (Wildman–Crippen LogP) is 4.60. The molecule has 1 unspecified atom stereocenters. The summed E-state index contributed by atoms with van der Waals surface area (Å²) in [7, 11) is 0. The van der Waals surface area contributed by atoms with Crippen LogP contribution in [-0.2, 0) is 6.54 Å². The molecule has 2 N–H and O–H groups in total. The summed E-state index contributed by atoms with van der Waals surface area (Å²) in [5.74, 6) is 0.790. The van der Waals surface area contributed by atoms with Gasteiger partial charge in [0, 0.05) is 59.9 Å². The van der Waals surface area contributed by atoms with Crippen molar-refractivity contribution in [3.63, 3.8) is 0 Å². The second-order valence-corrected chi connectivity index (χ2v) is 9.04. The first-order chi connectivity index (χ1) is 14.9. The Labute approximate surface area is 187 Å². The minimum Gasteiger partial charge on any atom is -0.391 e. The van der Waals surface area contributed by atoms with Crippen molar-refractivity contribution in [3.05, 3.63) is 60.8 Å². The van der Waals surface area contributed by atoms with E-state index in [9.17, 15) is 13.9 Å². The average Bonchev–Trinajstić information content (AvgIpc) is 3.19. The Morgan fingerprint density at radius 3 is 2.58 bits per heavy atom. The molecule has 10 heteroatoms. The van der Waals surface area contributed by atoms with Crippen molar-refractivity contribution >= 4 is 34.9 Å². The molecule has 1 saturated heterocycles. The summed E-state index contributed by atoms with van der Waals surface area (Å²) in [6, 6.07) is 8.66. The monoisotopic (exact) mass is 463 g/mol. The van der Waals surface area contributed by atoms with Gasteiger partial charge in [0.15, 0.2) is 0 Å². The predicted molar refractivity (Wildman–Crippen MR) is 119 cm³/mol. The van der Waals surface area contributed by atoms with E-state index < -0.39 is 4.71 Å². The standard InChI is InChI=1S/C21H20ClF2N5OS/c22-21(23,24)31-18-3-1-16(2-4-18)27-8-14-7-19(15-10-25-13-26-11-15)20(28-9-14)29-6-5-17(30)12-29/h1-4,7,9-11,13,17,27,30H,5-6,8,12H2. The summed E-state index contributed by atoms with van der Waals surface area (Å²) in [6.45, 7) is 1.77. The number of thioether (sulfide) groups is 1. The fraction of sp³-hybridized carbons (Fsp3) is 0.286. The molecule has 6 nitrogen and oxygen atoms in total. The number of aliphatic hydroxyl groups is 1. The normalized spacial score (nSPS) is 16.5. The first-order valence-corrected chi connectivity index (χ1v) is 10.8. The molecule has 31 heavy (non-hydrogen) atoms. The topological polar surface area (TPSA) is 74.2 Å². The summed E-state index contributed by atoms with van der Waals surface area (Å²) in [5.41, 5.74) is 3.47. The molecule has 1 fully saturated rings. The highest BCUT2D eigenvalue weighted by molar-refractivity contribution is 8.01. The van der Waals surface area contributed by atoms with Gasteiger partial charge in [-0.05, 0) is 65.7 Å². The lowest BCUT2D eigenvalue weighted by Crippen LogP contribution is -2.23. The van der Waals surface area contributed by atoms with Crippen LogP contribution in [0.2, 0.25) is 0 Å². The molecule has 1 aliphatic heterocycles. The van der Waals surface area contributed by atoms with Gasteiger partial charge in [-0.15, -0.1) is 0 Å². The number of nitrogens with one attached hydrogen (secondary N) is 1. The number of benzene rings is 1. The third kappa shape index (κ3) is 5.81. The Kier molecular flexibility index (Phi) is 6.54. The van der Waals surface area contributed by atoms with Crippen LogP contribution in [-0.4, -0.2) is 44.0 Å². The highest BCUT2D eigenvalue weighted by Crippen LogP contribution is 2.39. The lowest BCUT2D eigenvalue weighted by molar-refractivity contribution is 0.198. The lowest BCUT2D eigenvalue weighted by Gasteiger charge is -2.21. The number of halogens is 3. The van der Waals surface area contributed by atoms with Crippen LogP contribution in [0, 0.1) is 0 Å². The van der Waals surface area contributed by atoms with E-state index in [1.165, 1.54) is 6.33 Å². The maximum atomic E-state index is 12.9. The van der Waals surface area contributed by atoms with E-state index >= 15 is 0 Å². The quantitative estimate of drug-likeness (QED) is 0.391. The lowest BCUT2D eigenvalue weighted by atomic mass is 10.1. The molecule has 1 aromatic carbocycles. The summed E-state index contributed by atoms with van der Waals surface area (Å²) < 4.78 is 22.5. The Hall–Kier alpha value is -2.49. The van der Waals surface area contributed by atoms with Crippen molar-refractivity contribution in [2.24, 2.45) is 0 Å². The fourth-order valence-corrected chi connectivity index (χ4v) is 4.22. The second kappa shape index (κ2) is 9.33. The molecule has 0 bridgehead atoms. The molecule has 2 aromatic heterocycles. The summed E-state index contributed by atoms with van der Waals surface area (Å²) >= 11 is 5.26. The van der Waals surface area contributed by atoms with Crippen LogP contribution >= 0.6 is 23.4 Å². The van der Waals surface area contributed by atoms with Crippen molar-refractivity contribution in [2.45, 2.75) is 28.7 Å². The van der Waals surface area contributed by atoms with E-state index in [2.05, 4.69) is 25.2 Å². The Bertz CT molecular complexity index is 1020. The first kappa shape index (κ1) is 21.7. The van der Waals surface area contributed by atoms with E-state index in [0.717, 1.165) is 34.7 Å². The van der Waals surface area contributed by atoms with E-state index in [1.807, 2.05) is 6.07 Å². The highest BCUT2D eigenvalue weighted by Gasteiger charge is 2.26. The minimum atomic E-state index is -3.33. The number of nitrogens with zero attached hydrogens (tertiary/aromatic N) is 4. The number of aliphatic hydroxyl groups excluding tert-OH is 1. The molecule has 4 rings (SSSR count). The van der Waals surface area contributed by atoms with E-state index in [0.29, 0.717) is 36.2 Å². The SMILES string of the molecule is OC1CCN(c2ncc(CNc3ccc(SC(F)(F)Cl)cc3)cc2-c2cncnc2)C1. The van der Waals surface area contributed by atoms with E-state index in [-0.39, 0.29) is 6.10 Å². The maximum absolute atomic E-state index is 12.9. The molecule has 0 saturated carbocycles. The first-order valence-electron chi connectivity index (χ1n) is 9.64. The number of anilines is 2. The molecule has 3 aromatic rings. The molecule has 1 atom stereocenters. The summed E-state index contributed by atoms with van der Waals surface area (Å²) in [5, 5.41) is 13.2. The zero-order chi connectivity index (χ0) is 21.8. The van der Waals surface area contributed by atoms with Crippen LogP contribution in [0.15, 0.2) is 60.1 Å². The smallest absolute Gasteiger partial charge is 0.375 e. The second-order valence-electron chi connectivity index (χ2n) is 7.16. The fourth-order valence-electron chi connectivity index (χ4n) is 3.41. The number of β-amino-alcohol motifs (C(OH)–C–C–N with tert-alkyl or cyclic N) is 1.